The second-order valence-corrected chi connectivity index (χ2v) is 3.89. The summed E-state index contributed by atoms with van der Waals surface area (Å²) in [6.07, 6.45) is 18.5. The van der Waals surface area contributed by atoms with E-state index in [2.05, 4.69) is 25.7 Å². The van der Waals surface area contributed by atoms with Crippen LogP contribution in [0.1, 0.15) is 64.7 Å². The van der Waals surface area contributed by atoms with Gasteiger partial charge in [0.15, 0.2) is 0 Å². The summed E-state index contributed by atoms with van der Waals surface area (Å²) >= 11 is 0. The molecule has 0 atom stereocenters. The van der Waals surface area contributed by atoms with E-state index in [1.54, 1.807) is 0 Å². The Morgan fingerprint density at radius 3 is 2.14 bits per heavy atom. The van der Waals surface area contributed by atoms with Crippen molar-refractivity contribution in [3.05, 3.63) is 24.8 Å². The summed E-state index contributed by atoms with van der Waals surface area (Å²) in [6, 6.07) is 0. The first-order valence-electron chi connectivity index (χ1n) is 6.17. The zero-order valence-electron chi connectivity index (χ0n) is 9.80. The van der Waals surface area contributed by atoms with Crippen molar-refractivity contribution in [1.82, 2.24) is 0 Å². The Morgan fingerprint density at radius 2 is 1.43 bits per heavy atom. The van der Waals surface area contributed by atoms with Crippen LogP contribution in [0.4, 0.5) is 0 Å². The molecular weight excluding hydrogens is 168 g/mol. The quantitative estimate of drug-likeness (QED) is 0.329. The molecule has 0 fully saturated rings. The number of rotatable bonds is 10. The van der Waals surface area contributed by atoms with E-state index >= 15 is 0 Å². The topological polar surface area (TPSA) is 0 Å². The van der Waals surface area contributed by atoms with Crippen LogP contribution in [-0.2, 0) is 0 Å². The standard InChI is InChI=1S/C14H26/c1-3-5-7-9-11-13-14-12-10-8-6-4-2/h3,9,11H,1,4-8,10,12-14H2,2H3. The maximum atomic E-state index is 3.70. The lowest BCUT2D eigenvalue weighted by molar-refractivity contribution is 0.611. The van der Waals surface area contributed by atoms with E-state index in [0.717, 1.165) is 6.42 Å². The first-order chi connectivity index (χ1) is 6.91. The molecule has 0 heteroatoms. The van der Waals surface area contributed by atoms with Gasteiger partial charge in [0.05, 0.1) is 0 Å². The molecule has 0 aliphatic carbocycles. The van der Waals surface area contributed by atoms with Gasteiger partial charge in [-0.3, -0.25) is 0 Å². The van der Waals surface area contributed by atoms with Crippen molar-refractivity contribution < 1.29 is 0 Å². The van der Waals surface area contributed by atoms with E-state index in [9.17, 15) is 0 Å². The second-order valence-electron chi connectivity index (χ2n) is 3.89. The van der Waals surface area contributed by atoms with Gasteiger partial charge < -0.3 is 0 Å². The fourth-order valence-electron chi connectivity index (χ4n) is 1.49. The number of hydrogen-bond acceptors (Lipinski definition) is 0. The average Bonchev–Trinajstić information content (AvgIpc) is 2.21. The van der Waals surface area contributed by atoms with Crippen LogP contribution in [-0.4, -0.2) is 0 Å². The fraction of sp³-hybridized carbons (Fsp3) is 0.714. The maximum absolute atomic E-state index is 3.70. The van der Waals surface area contributed by atoms with Crippen LogP contribution >= 0.6 is 0 Å². The first-order valence-corrected chi connectivity index (χ1v) is 6.17. The van der Waals surface area contributed by atoms with Crippen molar-refractivity contribution in [2.75, 3.05) is 0 Å². The molecular formula is C14H26. The summed E-state index contributed by atoms with van der Waals surface area (Å²) in [5.74, 6) is 0. The molecule has 0 bridgehead atoms. The molecule has 0 aliphatic rings. The summed E-state index contributed by atoms with van der Waals surface area (Å²) in [4.78, 5) is 0. The summed E-state index contributed by atoms with van der Waals surface area (Å²) < 4.78 is 0. The van der Waals surface area contributed by atoms with E-state index in [0.29, 0.717) is 0 Å². The van der Waals surface area contributed by atoms with Crippen LogP contribution in [0.25, 0.3) is 0 Å². The lowest BCUT2D eigenvalue weighted by atomic mass is 10.1. The number of unbranched alkanes of at least 4 members (excludes halogenated alkanes) is 7. The Balaban J connectivity index is 2.97. The van der Waals surface area contributed by atoms with Gasteiger partial charge in [-0.25, -0.2) is 0 Å². The van der Waals surface area contributed by atoms with Crippen LogP contribution in [0.15, 0.2) is 24.8 Å². The van der Waals surface area contributed by atoms with Crippen molar-refractivity contribution >= 4 is 0 Å². The lowest BCUT2D eigenvalue weighted by Crippen LogP contribution is -1.77. The van der Waals surface area contributed by atoms with Crippen LogP contribution in [0, 0.1) is 0 Å². The predicted octanol–water partition coefficient (Wildman–Crippen LogP) is 5.26. The Labute approximate surface area is 90.1 Å². The van der Waals surface area contributed by atoms with Crippen LogP contribution < -0.4 is 0 Å². The normalized spacial score (nSPS) is 10.9. The third-order valence-electron chi connectivity index (χ3n) is 2.43. The molecule has 0 N–H and O–H groups in total. The molecule has 0 saturated carbocycles. The highest BCUT2D eigenvalue weighted by molar-refractivity contribution is 4.84. The zero-order chi connectivity index (χ0) is 10.5. The van der Waals surface area contributed by atoms with Crippen molar-refractivity contribution in [2.24, 2.45) is 0 Å². The summed E-state index contributed by atoms with van der Waals surface area (Å²) in [5.41, 5.74) is 0. The van der Waals surface area contributed by atoms with Gasteiger partial charge >= 0.3 is 0 Å². The van der Waals surface area contributed by atoms with Crippen LogP contribution in [0.3, 0.4) is 0 Å². The minimum atomic E-state index is 1.12. The number of hydrogen-bond donors (Lipinski definition) is 0. The molecule has 0 nitrogen and oxygen atoms in total. The molecule has 82 valence electrons. The molecule has 0 aliphatic heterocycles. The zero-order valence-corrected chi connectivity index (χ0v) is 9.80. The first kappa shape index (κ1) is 13.5. The van der Waals surface area contributed by atoms with Crippen molar-refractivity contribution in [3.8, 4) is 0 Å². The molecule has 0 radical (unpaired) electrons. The van der Waals surface area contributed by atoms with Crippen molar-refractivity contribution in [2.45, 2.75) is 64.7 Å². The number of allylic oxidation sites excluding steroid dienone is 3. The minimum Gasteiger partial charge on any atom is -0.103 e. The summed E-state index contributed by atoms with van der Waals surface area (Å²) in [6.45, 7) is 5.97. The van der Waals surface area contributed by atoms with Gasteiger partial charge in [-0.15, -0.1) is 6.58 Å². The monoisotopic (exact) mass is 194 g/mol. The predicted molar refractivity (Wildman–Crippen MR) is 66.6 cm³/mol. The third-order valence-corrected chi connectivity index (χ3v) is 2.43. The molecule has 0 amide bonds. The lowest BCUT2D eigenvalue weighted by Gasteiger charge is -1.97. The molecule has 0 saturated heterocycles. The Bertz CT molecular complexity index is 133. The Hall–Kier alpha value is -0.520. The summed E-state index contributed by atoms with van der Waals surface area (Å²) in [7, 11) is 0. The van der Waals surface area contributed by atoms with E-state index in [-0.39, 0.29) is 0 Å². The van der Waals surface area contributed by atoms with E-state index < -0.39 is 0 Å². The molecule has 0 aromatic carbocycles. The highest BCUT2D eigenvalue weighted by atomic mass is 13.9. The molecule has 0 spiro atoms. The summed E-state index contributed by atoms with van der Waals surface area (Å²) in [5, 5.41) is 0. The molecule has 0 unspecified atom stereocenters. The van der Waals surface area contributed by atoms with Crippen molar-refractivity contribution in [3.63, 3.8) is 0 Å². The highest BCUT2D eigenvalue weighted by Crippen LogP contribution is 2.07. The van der Waals surface area contributed by atoms with E-state index in [1.165, 1.54) is 51.4 Å². The SMILES string of the molecule is C=CCCC=CCCCCCCCC. The van der Waals surface area contributed by atoms with Gasteiger partial charge in [0.1, 0.15) is 0 Å². The van der Waals surface area contributed by atoms with Gasteiger partial charge in [-0.1, -0.05) is 57.3 Å². The van der Waals surface area contributed by atoms with Gasteiger partial charge in [0.2, 0.25) is 0 Å². The Morgan fingerprint density at radius 1 is 0.786 bits per heavy atom. The van der Waals surface area contributed by atoms with Crippen molar-refractivity contribution in [1.29, 1.82) is 0 Å². The Kier molecular flexibility index (Phi) is 12.0. The van der Waals surface area contributed by atoms with E-state index in [1.807, 2.05) is 6.08 Å². The van der Waals surface area contributed by atoms with Gasteiger partial charge in [0, 0.05) is 0 Å². The molecule has 0 rings (SSSR count). The highest BCUT2D eigenvalue weighted by Gasteiger charge is 1.87. The molecule has 0 heterocycles. The minimum absolute atomic E-state index is 1.12. The van der Waals surface area contributed by atoms with Crippen LogP contribution in [0.5, 0.6) is 0 Å². The van der Waals surface area contributed by atoms with Crippen LogP contribution in [0.2, 0.25) is 0 Å². The fourth-order valence-corrected chi connectivity index (χ4v) is 1.49. The molecule has 0 aromatic heterocycles. The third kappa shape index (κ3) is 11.5. The largest absolute Gasteiger partial charge is 0.103 e. The molecule has 0 aromatic rings. The van der Waals surface area contributed by atoms with E-state index in [4.69, 9.17) is 0 Å². The average molecular weight is 194 g/mol. The van der Waals surface area contributed by atoms with Gasteiger partial charge in [-0.2, -0.15) is 0 Å². The smallest absolute Gasteiger partial charge is 0.0316 e. The second kappa shape index (κ2) is 12.5. The van der Waals surface area contributed by atoms with Gasteiger partial charge in [0.25, 0.3) is 0 Å². The maximum Gasteiger partial charge on any atom is -0.0316 e. The van der Waals surface area contributed by atoms with Gasteiger partial charge in [-0.05, 0) is 25.7 Å². The molecule has 14 heavy (non-hydrogen) atoms.